The van der Waals surface area contributed by atoms with Gasteiger partial charge in [-0.15, -0.1) is 0 Å². The Kier molecular flexibility index (Phi) is 4.74. The number of fused-ring (bicyclic) bond motifs is 1. The van der Waals surface area contributed by atoms with E-state index in [-0.39, 0.29) is 5.91 Å². The molecule has 1 fully saturated rings. The van der Waals surface area contributed by atoms with Gasteiger partial charge < -0.3 is 14.0 Å². The van der Waals surface area contributed by atoms with Crippen LogP contribution in [0.2, 0.25) is 0 Å². The average molecular weight is 402 g/mol. The number of pyridine rings is 2. The highest BCUT2D eigenvalue weighted by molar-refractivity contribution is 5.96. The molecule has 152 valence electrons. The summed E-state index contributed by atoms with van der Waals surface area (Å²) in [4.78, 5) is 27.8. The van der Waals surface area contributed by atoms with Crippen molar-refractivity contribution < 1.29 is 9.32 Å². The Labute approximate surface area is 173 Å². The standard InChI is InChI=1S/C22H22N6O2/c1-27(13-17-11-19(26-30-17)18-8-4-5-9-23-18)22(29)15-10-20-21(24-12-15)28(14-25-20)16-6-2-3-7-16/h4-5,8-12,14,16H,2-3,6-7,13H2,1H3. The predicted octanol–water partition coefficient (Wildman–Crippen LogP) is 3.87. The zero-order valence-electron chi connectivity index (χ0n) is 16.7. The minimum atomic E-state index is -0.143. The summed E-state index contributed by atoms with van der Waals surface area (Å²) in [5, 5.41) is 4.05. The summed E-state index contributed by atoms with van der Waals surface area (Å²) >= 11 is 0. The van der Waals surface area contributed by atoms with Crippen LogP contribution in [0.3, 0.4) is 0 Å². The molecule has 0 radical (unpaired) electrons. The Morgan fingerprint density at radius 3 is 2.83 bits per heavy atom. The van der Waals surface area contributed by atoms with Gasteiger partial charge in [-0.2, -0.15) is 0 Å². The van der Waals surface area contributed by atoms with Crippen LogP contribution in [0.4, 0.5) is 0 Å². The normalized spacial score (nSPS) is 14.4. The molecule has 30 heavy (non-hydrogen) atoms. The van der Waals surface area contributed by atoms with E-state index in [1.54, 1.807) is 30.4 Å². The Hall–Kier alpha value is -3.55. The first kappa shape index (κ1) is 18.5. The highest BCUT2D eigenvalue weighted by atomic mass is 16.5. The summed E-state index contributed by atoms with van der Waals surface area (Å²) in [5.74, 6) is 0.446. The highest BCUT2D eigenvalue weighted by Gasteiger charge is 2.21. The lowest BCUT2D eigenvalue weighted by atomic mass is 10.2. The van der Waals surface area contributed by atoms with Crippen molar-refractivity contribution >= 4 is 17.1 Å². The second-order valence-electron chi connectivity index (χ2n) is 7.71. The summed E-state index contributed by atoms with van der Waals surface area (Å²) in [6.45, 7) is 0.299. The van der Waals surface area contributed by atoms with E-state index in [4.69, 9.17) is 4.52 Å². The maximum absolute atomic E-state index is 12.9. The van der Waals surface area contributed by atoms with E-state index in [9.17, 15) is 4.79 Å². The molecule has 0 aliphatic heterocycles. The predicted molar refractivity (Wildman–Crippen MR) is 111 cm³/mol. The van der Waals surface area contributed by atoms with Gasteiger partial charge in [-0.1, -0.05) is 24.1 Å². The van der Waals surface area contributed by atoms with Crippen LogP contribution in [0.15, 0.2) is 53.6 Å². The molecule has 1 amide bonds. The molecule has 4 aromatic heterocycles. The van der Waals surface area contributed by atoms with Gasteiger partial charge in [0.15, 0.2) is 11.4 Å². The van der Waals surface area contributed by atoms with Crippen LogP contribution >= 0.6 is 0 Å². The second-order valence-corrected chi connectivity index (χ2v) is 7.71. The van der Waals surface area contributed by atoms with Crippen LogP contribution in [0.5, 0.6) is 0 Å². The van der Waals surface area contributed by atoms with Crippen molar-refractivity contribution in [2.45, 2.75) is 38.3 Å². The lowest BCUT2D eigenvalue weighted by Gasteiger charge is -2.15. The number of aromatic nitrogens is 5. The molecule has 4 aromatic rings. The molecule has 0 aromatic carbocycles. The maximum Gasteiger partial charge on any atom is 0.255 e. The largest absolute Gasteiger partial charge is 0.359 e. The van der Waals surface area contributed by atoms with E-state index >= 15 is 0 Å². The molecular weight excluding hydrogens is 380 g/mol. The average Bonchev–Trinajstić information content (AvgIpc) is 3.53. The molecule has 5 rings (SSSR count). The van der Waals surface area contributed by atoms with E-state index in [0.717, 1.165) is 29.7 Å². The molecule has 0 bridgehead atoms. The van der Waals surface area contributed by atoms with Crippen molar-refractivity contribution in [3.63, 3.8) is 0 Å². The van der Waals surface area contributed by atoms with Crippen molar-refractivity contribution in [3.8, 4) is 11.4 Å². The monoisotopic (exact) mass is 402 g/mol. The smallest absolute Gasteiger partial charge is 0.255 e. The first-order valence-electron chi connectivity index (χ1n) is 10.1. The fourth-order valence-corrected chi connectivity index (χ4v) is 4.03. The summed E-state index contributed by atoms with van der Waals surface area (Å²) in [6.07, 6.45) is 10.00. The van der Waals surface area contributed by atoms with Crippen LogP contribution < -0.4 is 0 Å². The lowest BCUT2D eigenvalue weighted by molar-refractivity contribution is 0.0772. The molecule has 0 spiro atoms. The number of nitrogens with zero attached hydrogens (tertiary/aromatic N) is 6. The van der Waals surface area contributed by atoms with Crippen LogP contribution in [0.1, 0.15) is 47.8 Å². The van der Waals surface area contributed by atoms with Crippen molar-refractivity contribution in [3.05, 3.63) is 60.4 Å². The van der Waals surface area contributed by atoms with Gasteiger partial charge in [0, 0.05) is 31.5 Å². The van der Waals surface area contributed by atoms with Crippen molar-refractivity contribution in [1.82, 2.24) is 29.6 Å². The summed E-state index contributed by atoms with van der Waals surface area (Å²) < 4.78 is 7.54. The van der Waals surface area contributed by atoms with Crippen molar-refractivity contribution in [2.75, 3.05) is 7.05 Å². The Morgan fingerprint density at radius 2 is 2.03 bits per heavy atom. The molecule has 1 saturated carbocycles. The fraction of sp³-hybridized carbons (Fsp3) is 0.318. The van der Waals surface area contributed by atoms with Crippen molar-refractivity contribution in [1.29, 1.82) is 0 Å². The van der Waals surface area contributed by atoms with E-state index in [1.807, 2.05) is 30.6 Å². The minimum absolute atomic E-state index is 0.143. The number of amides is 1. The number of imidazole rings is 1. The van der Waals surface area contributed by atoms with E-state index in [2.05, 4.69) is 24.7 Å². The highest BCUT2D eigenvalue weighted by Crippen LogP contribution is 2.31. The van der Waals surface area contributed by atoms with Crippen LogP contribution in [-0.4, -0.2) is 42.5 Å². The van der Waals surface area contributed by atoms with E-state index in [1.165, 1.54) is 12.8 Å². The maximum atomic E-state index is 12.9. The minimum Gasteiger partial charge on any atom is -0.359 e. The molecule has 0 atom stereocenters. The second kappa shape index (κ2) is 7.70. The topological polar surface area (TPSA) is 89.9 Å². The quantitative estimate of drug-likeness (QED) is 0.503. The van der Waals surface area contributed by atoms with E-state index in [0.29, 0.717) is 29.6 Å². The Morgan fingerprint density at radius 1 is 1.17 bits per heavy atom. The van der Waals surface area contributed by atoms with Gasteiger partial charge in [0.1, 0.15) is 11.2 Å². The van der Waals surface area contributed by atoms with Crippen LogP contribution in [-0.2, 0) is 6.54 Å². The Bertz CT molecular complexity index is 1180. The van der Waals surface area contributed by atoms with Gasteiger partial charge >= 0.3 is 0 Å². The van der Waals surface area contributed by atoms with Gasteiger partial charge in [-0.05, 0) is 31.0 Å². The zero-order chi connectivity index (χ0) is 20.5. The Balaban J connectivity index is 1.32. The number of carbonyl (C=O) groups excluding carboxylic acids is 1. The van der Waals surface area contributed by atoms with Gasteiger partial charge in [-0.3, -0.25) is 9.78 Å². The SMILES string of the molecule is CN(Cc1cc(-c2ccccn2)no1)C(=O)c1cnc2c(c1)ncn2C1CCCC1. The van der Waals surface area contributed by atoms with Gasteiger partial charge in [0.25, 0.3) is 5.91 Å². The molecule has 1 aliphatic rings. The number of hydrogen-bond donors (Lipinski definition) is 0. The number of hydrogen-bond acceptors (Lipinski definition) is 6. The molecule has 8 heteroatoms. The molecular formula is C22H22N6O2. The summed E-state index contributed by atoms with van der Waals surface area (Å²) in [7, 11) is 1.73. The van der Waals surface area contributed by atoms with Crippen LogP contribution in [0.25, 0.3) is 22.6 Å². The first-order chi connectivity index (χ1) is 14.7. The van der Waals surface area contributed by atoms with Gasteiger partial charge in [0.05, 0.1) is 24.1 Å². The molecule has 0 saturated heterocycles. The lowest BCUT2D eigenvalue weighted by Crippen LogP contribution is -2.26. The zero-order valence-corrected chi connectivity index (χ0v) is 16.7. The molecule has 0 unspecified atom stereocenters. The summed E-state index contributed by atoms with van der Waals surface area (Å²) in [5.41, 5.74) is 3.47. The third-order valence-electron chi connectivity index (χ3n) is 5.60. The molecule has 0 N–H and O–H groups in total. The molecule has 4 heterocycles. The molecule has 8 nitrogen and oxygen atoms in total. The third-order valence-corrected chi connectivity index (χ3v) is 5.60. The number of carbonyl (C=O) groups is 1. The van der Waals surface area contributed by atoms with Crippen molar-refractivity contribution in [2.24, 2.45) is 0 Å². The number of rotatable bonds is 5. The first-order valence-corrected chi connectivity index (χ1v) is 10.1. The molecule has 1 aliphatic carbocycles. The van der Waals surface area contributed by atoms with Gasteiger partial charge in [0.2, 0.25) is 0 Å². The summed E-state index contributed by atoms with van der Waals surface area (Å²) in [6, 6.07) is 9.68. The van der Waals surface area contributed by atoms with Crippen LogP contribution in [0, 0.1) is 0 Å². The third kappa shape index (κ3) is 3.45. The fourth-order valence-electron chi connectivity index (χ4n) is 4.03. The van der Waals surface area contributed by atoms with E-state index < -0.39 is 0 Å². The van der Waals surface area contributed by atoms with Gasteiger partial charge in [-0.25, -0.2) is 9.97 Å².